The highest BCUT2D eigenvalue weighted by atomic mass is 16.5. The van der Waals surface area contributed by atoms with E-state index in [-0.39, 0.29) is 30.2 Å². The molecule has 2 aromatic rings. The molecule has 9 nitrogen and oxygen atoms in total. The average Bonchev–Trinajstić information content (AvgIpc) is 3.54. The molecule has 0 spiro atoms. The number of esters is 1. The van der Waals surface area contributed by atoms with Gasteiger partial charge in [0.05, 0.1) is 23.8 Å². The fourth-order valence-corrected chi connectivity index (χ4v) is 1.83. The Labute approximate surface area is 164 Å². The first kappa shape index (κ1) is 22.7. The van der Waals surface area contributed by atoms with E-state index in [1.54, 1.807) is 30.3 Å². The average molecular weight is 388 g/mol. The number of carbonyl (C=O) groups excluding carboxylic acids is 2. The smallest absolute Gasteiger partial charge is 0.314 e. The molecule has 1 amide bonds. The summed E-state index contributed by atoms with van der Waals surface area (Å²) in [4.78, 5) is 25.9. The lowest BCUT2D eigenvalue weighted by Crippen LogP contribution is -2.22. The first-order chi connectivity index (χ1) is 13.4. The molecule has 0 saturated heterocycles. The third-order valence-corrected chi connectivity index (χ3v) is 3.45. The maximum absolute atomic E-state index is 11.2. The molecule has 1 aromatic heterocycles. The number of carbonyl (C=O) groups is 2. The zero-order chi connectivity index (χ0) is 21.1. The lowest BCUT2D eigenvalue weighted by molar-refractivity contribution is -0.135. The van der Waals surface area contributed by atoms with Crippen LogP contribution < -0.4 is 33.0 Å². The standard InChI is InChI=1S/C10H11NO2.C7H11N5O.C2H6/c11-8-3-1-2-4-9(8)13-10(12)7-5-6-7;8-3-6(13)11-5-2-1-4(9)7(10)12-5;1-2/h1-4,7H,5-6,11H2;1-2H,3,8-9H2,(H3,10,11,12,13);1-2H3. The van der Waals surface area contributed by atoms with Gasteiger partial charge in [-0.15, -0.1) is 0 Å². The summed E-state index contributed by atoms with van der Waals surface area (Å²) >= 11 is 0. The van der Waals surface area contributed by atoms with Crippen LogP contribution in [0.1, 0.15) is 26.7 Å². The number of benzene rings is 1. The summed E-state index contributed by atoms with van der Waals surface area (Å²) in [6, 6.07) is 10.1. The number of anilines is 4. The summed E-state index contributed by atoms with van der Waals surface area (Å²) in [6.45, 7) is 3.91. The third-order valence-electron chi connectivity index (χ3n) is 3.45. The molecule has 3 rings (SSSR count). The molecule has 0 bridgehead atoms. The van der Waals surface area contributed by atoms with Crippen molar-refractivity contribution in [3.63, 3.8) is 0 Å². The van der Waals surface area contributed by atoms with Crippen molar-refractivity contribution < 1.29 is 14.3 Å². The number of ether oxygens (including phenoxy) is 1. The highest BCUT2D eigenvalue weighted by molar-refractivity contribution is 5.91. The normalized spacial score (nSPS) is 11.8. The van der Waals surface area contributed by atoms with E-state index in [1.165, 1.54) is 0 Å². The Bertz CT molecular complexity index is 793. The lowest BCUT2D eigenvalue weighted by atomic mass is 10.3. The second-order valence-electron chi connectivity index (χ2n) is 5.66. The van der Waals surface area contributed by atoms with Crippen LogP contribution >= 0.6 is 0 Å². The monoisotopic (exact) mass is 388 g/mol. The van der Waals surface area contributed by atoms with Gasteiger partial charge in [0, 0.05) is 0 Å². The number of pyridine rings is 1. The zero-order valence-electron chi connectivity index (χ0n) is 16.1. The zero-order valence-corrected chi connectivity index (χ0v) is 16.1. The molecule has 1 aliphatic rings. The molecule has 1 aromatic carbocycles. The second kappa shape index (κ2) is 11.4. The molecular weight excluding hydrogens is 360 g/mol. The topological polar surface area (TPSA) is 172 Å². The fraction of sp³-hybridized carbons (Fsp3) is 0.316. The highest BCUT2D eigenvalue weighted by Gasteiger charge is 2.31. The van der Waals surface area contributed by atoms with Crippen LogP contribution in [0, 0.1) is 5.92 Å². The number of rotatable bonds is 4. The summed E-state index contributed by atoms with van der Waals surface area (Å²) in [5.74, 6) is 0.644. The summed E-state index contributed by atoms with van der Waals surface area (Å²) in [7, 11) is 0. The van der Waals surface area contributed by atoms with Gasteiger partial charge in [0.25, 0.3) is 0 Å². The van der Waals surface area contributed by atoms with Crippen LogP contribution in [0.3, 0.4) is 0 Å². The van der Waals surface area contributed by atoms with Crippen LogP contribution in [0.5, 0.6) is 5.75 Å². The Hall–Kier alpha value is -3.33. The van der Waals surface area contributed by atoms with E-state index in [0.29, 0.717) is 22.9 Å². The van der Waals surface area contributed by atoms with E-state index in [2.05, 4.69) is 10.3 Å². The van der Waals surface area contributed by atoms with E-state index >= 15 is 0 Å². The lowest BCUT2D eigenvalue weighted by Gasteiger charge is -2.04. The van der Waals surface area contributed by atoms with Gasteiger partial charge in [-0.1, -0.05) is 26.0 Å². The molecule has 0 atom stereocenters. The van der Waals surface area contributed by atoms with E-state index in [4.69, 9.17) is 27.7 Å². The molecule has 1 heterocycles. The van der Waals surface area contributed by atoms with Crippen molar-refractivity contribution in [2.75, 3.05) is 29.1 Å². The first-order valence-electron chi connectivity index (χ1n) is 8.98. The molecule has 0 aliphatic heterocycles. The minimum Gasteiger partial charge on any atom is -0.424 e. The van der Waals surface area contributed by atoms with Crippen molar-refractivity contribution in [2.24, 2.45) is 11.7 Å². The van der Waals surface area contributed by atoms with Crippen molar-refractivity contribution in [3.8, 4) is 5.75 Å². The summed E-state index contributed by atoms with van der Waals surface area (Å²) < 4.78 is 5.11. The molecule has 9 N–H and O–H groups in total. The van der Waals surface area contributed by atoms with Gasteiger partial charge in [0.2, 0.25) is 5.91 Å². The summed E-state index contributed by atoms with van der Waals surface area (Å²) in [5.41, 5.74) is 22.4. The van der Waals surface area contributed by atoms with Gasteiger partial charge in [-0.25, -0.2) is 4.98 Å². The molecule has 0 unspecified atom stereocenters. The SMILES string of the molecule is CC.NCC(=O)Nc1ccc(N)c(N)n1.Nc1ccccc1OC(=O)C1CC1. The van der Waals surface area contributed by atoms with Crippen molar-refractivity contribution in [3.05, 3.63) is 36.4 Å². The summed E-state index contributed by atoms with van der Waals surface area (Å²) in [5, 5.41) is 2.45. The van der Waals surface area contributed by atoms with Crippen LogP contribution in [-0.2, 0) is 9.59 Å². The molecule has 1 fully saturated rings. The maximum atomic E-state index is 11.2. The van der Waals surface area contributed by atoms with Crippen LogP contribution in [0.15, 0.2) is 36.4 Å². The van der Waals surface area contributed by atoms with E-state index < -0.39 is 0 Å². The number of nitrogen functional groups attached to an aromatic ring is 3. The minimum atomic E-state index is -0.323. The Kier molecular flexibility index (Phi) is 9.24. The van der Waals surface area contributed by atoms with E-state index in [9.17, 15) is 9.59 Å². The van der Waals surface area contributed by atoms with Gasteiger partial charge in [-0.05, 0) is 37.1 Å². The number of hydrogen-bond donors (Lipinski definition) is 5. The molecular formula is C19H28N6O3. The predicted octanol–water partition coefficient (Wildman–Crippen LogP) is 1.75. The van der Waals surface area contributed by atoms with Gasteiger partial charge in [0.15, 0.2) is 5.75 Å². The van der Waals surface area contributed by atoms with Gasteiger partial charge >= 0.3 is 5.97 Å². The molecule has 0 radical (unpaired) electrons. The molecule has 152 valence electrons. The minimum absolute atomic E-state index is 0.0913. The van der Waals surface area contributed by atoms with Gasteiger partial charge in [-0.2, -0.15) is 0 Å². The number of hydrogen-bond acceptors (Lipinski definition) is 8. The largest absolute Gasteiger partial charge is 0.424 e. The molecule has 1 aliphatic carbocycles. The van der Waals surface area contributed by atoms with Gasteiger partial charge < -0.3 is 33.0 Å². The predicted molar refractivity (Wildman–Crippen MR) is 111 cm³/mol. The Morgan fingerprint density at radius 1 is 1.07 bits per heavy atom. The van der Waals surface area contributed by atoms with Crippen LogP contribution in [-0.4, -0.2) is 23.4 Å². The van der Waals surface area contributed by atoms with Gasteiger partial charge in [0.1, 0.15) is 11.6 Å². The van der Waals surface area contributed by atoms with Crippen LogP contribution in [0.4, 0.5) is 23.0 Å². The quantitative estimate of drug-likeness (QED) is 0.299. The van der Waals surface area contributed by atoms with Crippen molar-refractivity contribution in [1.82, 2.24) is 4.98 Å². The summed E-state index contributed by atoms with van der Waals surface area (Å²) in [6.07, 6.45) is 1.90. The molecule has 9 heteroatoms. The Morgan fingerprint density at radius 3 is 2.25 bits per heavy atom. The third kappa shape index (κ3) is 7.50. The number of para-hydroxylation sites is 2. The van der Waals surface area contributed by atoms with Crippen LogP contribution in [0.2, 0.25) is 0 Å². The van der Waals surface area contributed by atoms with E-state index in [0.717, 1.165) is 12.8 Å². The molecule has 28 heavy (non-hydrogen) atoms. The maximum Gasteiger partial charge on any atom is 0.314 e. The number of nitrogens with one attached hydrogen (secondary N) is 1. The first-order valence-corrected chi connectivity index (χ1v) is 8.98. The number of amides is 1. The van der Waals surface area contributed by atoms with E-state index in [1.807, 2.05) is 19.9 Å². The van der Waals surface area contributed by atoms with Crippen molar-refractivity contribution >= 4 is 34.9 Å². The number of nitrogens with zero attached hydrogens (tertiary/aromatic N) is 1. The number of nitrogens with two attached hydrogens (primary N) is 4. The fourth-order valence-electron chi connectivity index (χ4n) is 1.83. The second-order valence-corrected chi connectivity index (χ2v) is 5.66. The Balaban J connectivity index is 0.000000257. The number of aromatic nitrogens is 1. The molecule has 1 saturated carbocycles. The van der Waals surface area contributed by atoms with Crippen LogP contribution in [0.25, 0.3) is 0 Å². The highest BCUT2D eigenvalue weighted by Crippen LogP contribution is 2.31. The van der Waals surface area contributed by atoms with Crippen molar-refractivity contribution in [2.45, 2.75) is 26.7 Å². The Morgan fingerprint density at radius 2 is 1.71 bits per heavy atom. The van der Waals surface area contributed by atoms with Gasteiger partial charge in [-0.3, -0.25) is 9.59 Å². The van der Waals surface area contributed by atoms with Crippen molar-refractivity contribution in [1.29, 1.82) is 0 Å².